The van der Waals surface area contributed by atoms with Crippen molar-refractivity contribution in [3.05, 3.63) is 0 Å². The highest BCUT2D eigenvalue weighted by atomic mass is 16.3. The smallest absolute Gasteiger partial charge is 0.0846 e. The van der Waals surface area contributed by atoms with Crippen LogP contribution in [0.2, 0.25) is 0 Å². The van der Waals surface area contributed by atoms with Crippen LogP contribution in [0.3, 0.4) is 0 Å². The predicted octanol–water partition coefficient (Wildman–Crippen LogP) is -0.891. The van der Waals surface area contributed by atoms with Crippen molar-refractivity contribution in [2.75, 3.05) is 13.2 Å². The van der Waals surface area contributed by atoms with Crippen molar-refractivity contribution >= 4 is 0 Å². The van der Waals surface area contributed by atoms with Crippen LogP contribution in [0, 0.1) is 5.92 Å². The second-order valence-electron chi connectivity index (χ2n) is 3.08. The van der Waals surface area contributed by atoms with Gasteiger partial charge in [0, 0.05) is 19.1 Å². The van der Waals surface area contributed by atoms with Crippen LogP contribution < -0.4 is 0 Å². The molecule has 0 aliphatic rings. The van der Waals surface area contributed by atoms with Crippen molar-refractivity contribution in [2.24, 2.45) is 5.92 Å². The Labute approximate surface area is 72.5 Å². The van der Waals surface area contributed by atoms with Gasteiger partial charge in [-0.15, -0.1) is 0 Å². The van der Waals surface area contributed by atoms with Crippen molar-refractivity contribution in [3.63, 3.8) is 0 Å². The van der Waals surface area contributed by atoms with Crippen molar-refractivity contribution in [3.8, 4) is 0 Å². The molecular formula is C8H18O4. The van der Waals surface area contributed by atoms with E-state index in [9.17, 15) is 10.2 Å². The van der Waals surface area contributed by atoms with Gasteiger partial charge < -0.3 is 20.4 Å². The molecule has 0 saturated heterocycles. The summed E-state index contributed by atoms with van der Waals surface area (Å²) in [6.07, 6.45) is -0.917. The highest BCUT2D eigenvalue weighted by Gasteiger charge is 2.21. The van der Waals surface area contributed by atoms with Crippen LogP contribution in [0.15, 0.2) is 0 Å². The quantitative estimate of drug-likeness (QED) is 0.425. The van der Waals surface area contributed by atoms with Gasteiger partial charge in [-0.1, -0.05) is 6.92 Å². The van der Waals surface area contributed by atoms with E-state index in [1.165, 1.54) is 0 Å². The van der Waals surface area contributed by atoms with Crippen molar-refractivity contribution in [2.45, 2.75) is 32.0 Å². The molecule has 4 heteroatoms. The van der Waals surface area contributed by atoms with Gasteiger partial charge in [0.2, 0.25) is 0 Å². The second-order valence-corrected chi connectivity index (χ2v) is 3.08. The average molecular weight is 178 g/mol. The third-order valence-corrected chi connectivity index (χ3v) is 1.92. The summed E-state index contributed by atoms with van der Waals surface area (Å²) in [4.78, 5) is 0. The minimum atomic E-state index is -0.901. The summed E-state index contributed by atoms with van der Waals surface area (Å²) >= 11 is 0. The van der Waals surface area contributed by atoms with Crippen LogP contribution in [-0.4, -0.2) is 45.8 Å². The van der Waals surface area contributed by atoms with Gasteiger partial charge in [-0.25, -0.2) is 0 Å². The molecule has 0 heterocycles. The number of hydrogen-bond donors (Lipinski definition) is 4. The monoisotopic (exact) mass is 178 g/mol. The molecule has 0 aromatic rings. The lowest BCUT2D eigenvalue weighted by Crippen LogP contribution is -2.33. The zero-order valence-corrected chi connectivity index (χ0v) is 7.35. The summed E-state index contributed by atoms with van der Waals surface area (Å²) in [6, 6.07) is 0. The molecule has 0 aromatic carbocycles. The lowest BCUT2D eigenvalue weighted by Gasteiger charge is -2.21. The SMILES string of the molecule is CC(CO)C(O)C(O)CCCO. The Balaban J connectivity index is 3.67. The van der Waals surface area contributed by atoms with E-state index < -0.39 is 12.2 Å². The van der Waals surface area contributed by atoms with Crippen LogP contribution >= 0.6 is 0 Å². The topological polar surface area (TPSA) is 80.9 Å². The Kier molecular flexibility index (Phi) is 6.28. The molecule has 4 nitrogen and oxygen atoms in total. The maximum absolute atomic E-state index is 9.32. The number of aliphatic hydroxyl groups excluding tert-OH is 4. The lowest BCUT2D eigenvalue weighted by atomic mass is 9.98. The van der Waals surface area contributed by atoms with E-state index in [4.69, 9.17) is 10.2 Å². The Hall–Kier alpha value is -0.160. The maximum atomic E-state index is 9.32. The molecule has 0 aromatic heterocycles. The second kappa shape index (κ2) is 6.37. The minimum absolute atomic E-state index is 0.0112. The fourth-order valence-corrected chi connectivity index (χ4v) is 0.958. The van der Waals surface area contributed by atoms with Crippen LogP contribution in [-0.2, 0) is 0 Å². The fraction of sp³-hybridized carbons (Fsp3) is 1.00. The molecule has 3 atom stereocenters. The number of rotatable bonds is 6. The Morgan fingerprint density at radius 1 is 1.17 bits per heavy atom. The first-order valence-corrected chi connectivity index (χ1v) is 4.21. The molecule has 0 spiro atoms. The summed E-state index contributed by atoms with van der Waals surface area (Å²) in [5.74, 6) is -0.321. The van der Waals surface area contributed by atoms with Gasteiger partial charge in [0.05, 0.1) is 12.2 Å². The molecule has 0 amide bonds. The molecular weight excluding hydrogens is 160 g/mol. The normalized spacial score (nSPS) is 18.8. The first-order chi connectivity index (χ1) is 5.63. The molecule has 0 aliphatic carbocycles. The molecule has 74 valence electrons. The first-order valence-electron chi connectivity index (χ1n) is 4.21. The van der Waals surface area contributed by atoms with E-state index in [2.05, 4.69) is 0 Å². The van der Waals surface area contributed by atoms with E-state index in [0.717, 1.165) is 0 Å². The summed E-state index contributed by atoms with van der Waals surface area (Å²) in [5.41, 5.74) is 0. The largest absolute Gasteiger partial charge is 0.396 e. The summed E-state index contributed by atoms with van der Waals surface area (Å²) < 4.78 is 0. The molecule has 0 fully saturated rings. The van der Waals surface area contributed by atoms with E-state index in [0.29, 0.717) is 12.8 Å². The predicted molar refractivity (Wildman–Crippen MR) is 44.6 cm³/mol. The van der Waals surface area contributed by atoms with Crippen LogP contribution in [0.4, 0.5) is 0 Å². The van der Waals surface area contributed by atoms with E-state index in [-0.39, 0.29) is 19.1 Å². The van der Waals surface area contributed by atoms with Gasteiger partial charge >= 0.3 is 0 Å². The minimum Gasteiger partial charge on any atom is -0.396 e. The highest BCUT2D eigenvalue weighted by molar-refractivity contribution is 4.72. The molecule has 0 aliphatic heterocycles. The number of aliphatic hydroxyl groups is 4. The first kappa shape index (κ1) is 11.8. The van der Waals surface area contributed by atoms with Crippen molar-refractivity contribution < 1.29 is 20.4 Å². The zero-order chi connectivity index (χ0) is 9.56. The van der Waals surface area contributed by atoms with E-state index in [1.807, 2.05) is 0 Å². The molecule has 0 radical (unpaired) electrons. The third kappa shape index (κ3) is 4.01. The Bertz CT molecular complexity index is 107. The standard InChI is InChI=1S/C8H18O4/c1-6(5-10)8(12)7(11)3-2-4-9/h6-12H,2-5H2,1H3. The molecule has 3 unspecified atom stereocenters. The lowest BCUT2D eigenvalue weighted by molar-refractivity contribution is -0.0321. The average Bonchev–Trinajstić information content (AvgIpc) is 2.11. The maximum Gasteiger partial charge on any atom is 0.0846 e. The van der Waals surface area contributed by atoms with Crippen molar-refractivity contribution in [1.82, 2.24) is 0 Å². The van der Waals surface area contributed by atoms with Gasteiger partial charge in [-0.3, -0.25) is 0 Å². The summed E-state index contributed by atoms with van der Waals surface area (Å²) in [6.45, 7) is 1.53. The van der Waals surface area contributed by atoms with Gasteiger partial charge in [0.1, 0.15) is 0 Å². The summed E-state index contributed by atoms with van der Waals surface area (Å²) in [5, 5.41) is 35.7. The third-order valence-electron chi connectivity index (χ3n) is 1.92. The van der Waals surface area contributed by atoms with Gasteiger partial charge in [0.25, 0.3) is 0 Å². The zero-order valence-electron chi connectivity index (χ0n) is 7.35. The van der Waals surface area contributed by atoms with Crippen LogP contribution in [0.1, 0.15) is 19.8 Å². The molecule has 0 saturated carbocycles. The molecule has 0 rings (SSSR count). The molecule has 4 N–H and O–H groups in total. The Morgan fingerprint density at radius 2 is 1.75 bits per heavy atom. The molecule has 0 bridgehead atoms. The van der Waals surface area contributed by atoms with E-state index >= 15 is 0 Å². The Morgan fingerprint density at radius 3 is 2.17 bits per heavy atom. The van der Waals surface area contributed by atoms with Gasteiger partial charge in [-0.05, 0) is 12.8 Å². The fourth-order valence-electron chi connectivity index (χ4n) is 0.958. The summed E-state index contributed by atoms with van der Waals surface area (Å²) in [7, 11) is 0. The van der Waals surface area contributed by atoms with Gasteiger partial charge in [-0.2, -0.15) is 0 Å². The van der Waals surface area contributed by atoms with Crippen LogP contribution in [0.5, 0.6) is 0 Å². The van der Waals surface area contributed by atoms with Crippen molar-refractivity contribution in [1.29, 1.82) is 0 Å². The van der Waals surface area contributed by atoms with Gasteiger partial charge in [0.15, 0.2) is 0 Å². The highest BCUT2D eigenvalue weighted by Crippen LogP contribution is 2.10. The van der Waals surface area contributed by atoms with Crippen LogP contribution in [0.25, 0.3) is 0 Å². The number of hydrogen-bond acceptors (Lipinski definition) is 4. The van der Waals surface area contributed by atoms with E-state index in [1.54, 1.807) is 6.92 Å². The molecule has 12 heavy (non-hydrogen) atoms.